The van der Waals surface area contributed by atoms with Crippen LogP contribution < -0.4 is 5.73 Å². The molecule has 17 heavy (non-hydrogen) atoms. The Bertz CT molecular complexity index is 522. The van der Waals surface area contributed by atoms with Crippen LogP contribution in [0.2, 0.25) is 0 Å². The van der Waals surface area contributed by atoms with E-state index in [0.717, 1.165) is 20.1 Å². The van der Waals surface area contributed by atoms with Crippen molar-refractivity contribution in [2.45, 2.75) is 23.0 Å². The number of halogens is 1. The van der Waals surface area contributed by atoms with E-state index in [2.05, 4.69) is 33.0 Å². The van der Waals surface area contributed by atoms with Crippen LogP contribution in [0.15, 0.2) is 45.1 Å². The summed E-state index contributed by atoms with van der Waals surface area (Å²) in [6.45, 7) is 1.99. The molecule has 0 amide bonds. The summed E-state index contributed by atoms with van der Waals surface area (Å²) in [6, 6.07) is 6.17. The number of hydrogen-bond donors (Lipinski definition) is 1. The van der Waals surface area contributed by atoms with Gasteiger partial charge in [0.05, 0.1) is 0 Å². The molecule has 2 rings (SSSR count). The lowest BCUT2D eigenvalue weighted by Crippen LogP contribution is -2.06. The van der Waals surface area contributed by atoms with E-state index in [4.69, 9.17) is 5.73 Å². The summed E-state index contributed by atoms with van der Waals surface area (Å²) in [5, 5.41) is 0.967. The van der Waals surface area contributed by atoms with E-state index in [-0.39, 0.29) is 6.04 Å². The van der Waals surface area contributed by atoms with Crippen molar-refractivity contribution in [1.82, 2.24) is 9.55 Å². The summed E-state index contributed by atoms with van der Waals surface area (Å²) in [7, 11) is 1.99. The zero-order valence-corrected chi connectivity index (χ0v) is 12.1. The van der Waals surface area contributed by atoms with Gasteiger partial charge < -0.3 is 10.3 Å². The first kappa shape index (κ1) is 12.7. The maximum atomic E-state index is 5.99. The highest BCUT2D eigenvalue weighted by Gasteiger charge is 2.11. The molecule has 0 aliphatic rings. The lowest BCUT2D eigenvalue weighted by molar-refractivity contribution is 0.780. The van der Waals surface area contributed by atoms with Crippen molar-refractivity contribution >= 4 is 27.7 Å². The number of nitrogens with zero attached hydrogens (tertiary/aromatic N) is 2. The van der Waals surface area contributed by atoms with Gasteiger partial charge in [0.15, 0.2) is 5.16 Å². The smallest absolute Gasteiger partial charge is 0.172 e. The molecule has 90 valence electrons. The highest BCUT2D eigenvalue weighted by Crippen LogP contribution is 2.33. The Kier molecular flexibility index (Phi) is 3.91. The van der Waals surface area contributed by atoms with Crippen LogP contribution in [0.3, 0.4) is 0 Å². The Labute approximate surface area is 114 Å². The van der Waals surface area contributed by atoms with Crippen LogP contribution in [-0.2, 0) is 7.05 Å². The van der Waals surface area contributed by atoms with Crippen molar-refractivity contribution in [2.24, 2.45) is 12.8 Å². The first-order valence-electron chi connectivity index (χ1n) is 5.28. The maximum absolute atomic E-state index is 5.99. The van der Waals surface area contributed by atoms with Crippen molar-refractivity contribution in [3.63, 3.8) is 0 Å². The molecule has 0 bridgehead atoms. The second kappa shape index (κ2) is 5.25. The molecular weight excluding hydrogens is 298 g/mol. The van der Waals surface area contributed by atoms with Crippen molar-refractivity contribution in [3.05, 3.63) is 40.6 Å². The fourth-order valence-corrected chi connectivity index (χ4v) is 2.91. The Hall–Kier alpha value is -0.780. The van der Waals surface area contributed by atoms with Crippen molar-refractivity contribution in [2.75, 3.05) is 0 Å². The summed E-state index contributed by atoms with van der Waals surface area (Å²) >= 11 is 5.11. The number of nitrogens with two attached hydrogens (primary N) is 1. The lowest BCUT2D eigenvalue weighted by Gasteiger charge is -2.12. The van der Waals surface area contributed by atoms with Crippen molar-refractivity contribution in [1.29, 1.82) is 0 Å². The highest BCUT2D eigenvalue weighted by atomic mass is 79.9. The average molecular weight is 312 g/mol. The zero-order valence-electron chi connectivity index (χ0n) is 9.72. The number of imidazole rings is 1. The van der Waals surface area contributed by atoms with Gasteiger partial charge in [-0.05, 0) is 30.7 Å². The van der Waals surface area contributed by atoms with Gasteiger partial charge in [0.2, 0.25) is 0 Å². The van der Waals surface area contributed by atoms with Crippen LogP contribution in [0.25, 0.3) is 0 Å². The molecule has 1 heterocycles. The van der Waals surface area contributed by atoms with Gasteiger partial charge in [0.1, 0.15) is 0 Å². The Morgan fingerprint density at radius 1 is 1.47 bits per heavy atom. The summed E-state index contributed by atoms with van der Waals surface area (Å²) in [5.41, 5.74) is 7.12. The summed E-state index contributed by atoms with van der Waals surface area (Å²) in [5.74, 6) is 0. The Morgan fingerprint density at radius 2 is 2.24 bits per heavy atom. The molecule has 0 aliphatic carbocycles. The standard InChI is InChI=1S/C12H14BrN3S/c1-8(14)10-7-9(13)3-4-11(10)17-12-15-5-6-16(12)2/h3-8H,14H2,1-2H3. The van der Waals surface area contributed by atoms with Crippen molar-refractivity contribution in [3.8, 4) is 0 Å². The summed E-state index contributed by atoms with van der Waals surface area (Å²) < 4.78 is 3.05. The van der Waals surface area contributed by atoms with E-state index in [1.54, 1.807) is 18.0 Å². The molecule has 1 aromatic heterocycles. The molecule has 5 heteroatoms. The largest absolute Gasteiger partial charge is 0.329 e. The van der Waals surface area contributed by atoms with E-state index >= 15 is 0 Å². The minimum absolute atomic E-state index is 0.00951. The topological polar surface area (TPSA) is 43.8 Å². The zero-order chi connectivity index (χ0) is 12.4. The minimum atomic E-state index is 0.00951. The van der Waals surface area contributed by atoms with E-state index in [1.165, 1.54) is 0 Å². The van der Waals surface area contributed by atoms with Crippen LogP contribution in [0, 0.1) is 0 Å². The van der Waals surface area contributed by atoms with E-state index in [0.29, 0.717) is 0 Å². The highest BCUT2D eigenvalue weighted by molar-refractivity contribution is 9.10. The third kappa shape index (κ3) is 2.91. The van der Waals surface area contributed by atoms with Gasteiger partial charge in [-0.2, -0.15) is 0 Å². The van der Waals surface area contributed by atoms with Gasteiger partial charge >= 0.3 is 0 Å². The number of rotatable bonds is 3. The van der Waals surface area contributed by atoms with Gasteiger partial charge in [-0.3, -0.25) is 0 Å². The molecule has 1 aromatic carbocycles. The summed E-state index contributed by atoms with van der Waals surface area (Å²) in [4.78, 5) is 5.46. The fourth-order valence-electron chi connectivity index (χ4n) is 1.52. The van der Waals surface area contributed by atoms with Gasteiger partial charge in [-0.25, -0.2) is 4.98 Å². The molecule has 2 N–H and O–H groups in total. The first-order valence-corrected chi connectivity index (χ1v) is 6.89. The second-order valence-corrected chi connectivity index (χ2v) is 5.82. The van der Waals surface area contributed by atoms with Crippen LogP contribution in [0.1, 0.15) is 18.5 Å². The number of aromatic nitrogens is 2. The molecule has 0 fully saturated rings. The van der Waals surface area contributed by atoms with Crippen LogP contribution in [0.5, 0.6) is 0 Å². The third-order valence-corrected chi connectivity index (χ3v) is 4.10. The van der Waals surface area contributed by atoms with Gasteiger partial charge in [-0.1, -0.05) is 27.7 Å². The third-order valence-electron chi connectivity index (χ3n) is 2.44. The van der Waals surface area contributed by atoms with Crippen LogP contribution in [-0.4, -0.2) is 9.55 Å². The molecule has 1 atom stereocenters. The molecule has 1 unspecified atom stereocenters. The molecule has 0 saturated heterocycles. The molecule has 2 aromatic rings. The van der Waals surface area contributed by atoms with E-state index in [9.17, 15) is 0 Å². The second-order valence-electron chi connectivity index (χ2n) is 3.89. The number of hydrogen-bond acceptors (Lipinski definition) is 3. The minimum Gasteiger partial charge on any atom is -0.329 e. The number of aryl methyl sites for hydroxylation is 1. The van der Waals surface area contributed by atoms with E-state index < -0.39 is 0 Å². The first-order chi connectivity index (χ1) is 8.08. The van der Waals surface area contributed by atoms with Gasteiger partial charge in [-0.15, -0.1) is 0 Å². The average Bonchev–Trinajstić information content (AvgIpc) is 2.67. The quantitative estimate of drug-likeness (QED) is 0.945. The SMILES string of the molecule is CC(N)c1cc(Br)ccc1Sc1nccn1C. The Balaban J connectivity index is 2.36. The van der Waals surface area contributed by atoms with Crippen molar-refractivity contribution < 1.29 is 0 Å². The molecule has 0 saturated carbocycles. The molecule has 3 nitrogen and oxygen atoms in total. The number of benzene rings is 1. The fraction of sp³-hybridized carbons (Fsp3) is 0.250. The predicted octanol–water partition coefficient (Wildman–Crippen LogP) is 3.35. The molecule has 0 spiro atoms. The summed E-state index contributed by atoms with van der Waals surface area (Å²) in [6.07, 6.45) is 3.74. The Morgan fingerprint density at radius 3 is 2.82 bits per heavy atom. The van der Waals surface area contributed by atoms with Crippen LogP contribution >= 0.6 is 27.7 Å². The molecule has 0 aliphatic heterocycles. The maximum Gasteiger partial charge on any atom is 0.172 e. The van der Waals surface area contributed by atoms with Gasteiger partial charge in [0.25, 0.3) is 0 Å². The molecule has 0 radical (unpaired) electrons. The monoisotopic (exact) mass is 311 g/mol. The van der Waals surface area contributed by atoms with Gasteiger partial charge in [0, 0.05) is 34.9 Å². The molecular formula is C12H14BrN3S. The van der Waals surface area contributed by atoms with E-state index in [1.807, 2.05) is 30.8 Å². The predicted molar refractivity (Wildman–Crippen MR) is 74.1 cm³/mol. The normalized spacial score (nSPS) is 12.7. The lowest BCUT2D eigenvalue weighted by atomic mass is 10.1. The van der Waals surface area contributed by atoms with Crippen LogP contribution in [0.4, 0.5) is 0 Å².